The lowest BCUT2D eigenvalue weighted by atomic mass is 10.0. The van der Waals surface area contributed by atoms with Crippen LogP contribution in [0.3, 0.4) is 0 Å². The molecule has 4 N–H and O–H groups in total. The van der Waals surface area contributed by atoms with Crippen molar-refractivity contribution < 1.29 is 19.1 Å². The molecule has 3 aromatic carbocycles. The smallest absolute Gasteiger partial charge is 0.243 e. The Hall–Kier alpha value is -4.17. The third-order valence-corrected chi connectivity index (χ3v) is 7.25. The number of nitrogens with zero attached hydrogens (tertiary/aromatic N) is 1. The fraction of sp³-hybridized carbons (Fsp3) is 0.333. The van der Waals surface area contributed by atoms with E-state index in [1.54, 1.807) is 6.92 Å². The molecule has 3 amide bonds. The highest BCUT2D eigenvalue weighted by Gasteiger charge is 2.28. The Morgan fingerprint density at radius 2 is 1.61 bits per heavy atom. The number of nitrogens with two attached hydrogens (primary N) is 1. The van der Waals surface area contributed by atoms with Crippen molar-refractivity contribution in [2.24, 2.45) is 11.7 Å². The first-order valence-electron chi connectivity index (χ1n) is 14.1. The molecule has 3 aromatic rings. The predicted octanol–water partition coefficient (Wildman–Crippen LogP) is 3.40. The van der Waals surface area contributed by atoms with E-state index in [0.29, 0.717) is 13.0 Å². The fourth-order valence-electron chi connectivity index (χ4n) is 4.78. The molecule has 0 aromatic heterocycles. The van der Waals surface area contributed by atoms with Crippen molar-refractivity contribution in [2.75, 3.05) is 13.1 Å². The average Bonchev–Trinajstić information content (AvgIpc) is 3.42. The second-order valence-electron chi connectivity index (χ2n) is 10.6. The van der Waals surface area contributed by atoms with Gasteiger partial charge in [0.05, 0.1) is 6.42 Å². The molecule has 0 bridgehead atoms. The Morgan fingerprint density at radius 1 is 0.951 bits per heavy atom. The van der Waals surface area contributed by atoms with E-state index in [1.807, 2.05) is 72.8 Å². The largest absolute Gasteiger partial charge is 0.489 e. The maximum Gasteiger partial charge on any atom is 0.243 e. The van der Waals surface area contributed by atoms with Crippen LogP contribution < -0.4 is 21.1 Å². The molecule has 1 saturated heterocycles. The average molecular weight is 556 g/mol. The van der Waals surface area contributed by atoms with Gasteiger partial charge in [0, 0.05) is 38.0 Å². The van der Waals surface area contributed by atoms with Gasteiger partial charge < -0.3 is 21.1 Å². The maximum absolute atomic E-state index is 13.4. The van der Waals surface area contributed by atoms with E-state index in [9.17, 15) is 14.4 Å². The van der Waals surface area contributed by atoms with Gasteiger partial charge in [0.2, 0.25) is 17.7 Å². The highest BCUT2D eigenvalue weighted by Crippen LogP contribution is 2.17. The van der Waals surface area contributed by atoms with Gasteiger partial charge in [-0.3, -0.25) is 19.3 Å². The molecule has 0 spiro atoms. The van der Waals surface area contributed by atoms with Gasteiger partial charge in [0.15, 0.2) is 0 Å². The molecule has 4 rings (SSSR count). The summed E-state index contributed by atoms with van der Waals surface area (Å²) in [6, 6.07) is 27.0. The van der Waals surface area contributed by atoms with Crippen molar-refractivity contribution >= 4 is 17.7 Å². The minimum atomic E-state index is -0.776. The van der Waals surface area contributed by atoms with Crippen LogP contribution in [-0.2, 0) is 34.0 Å². The molecule has 3 unspecified atom stereocenters. The topological polar surface area (TPSA) is 114 Å². The highest BCUT2D eigenvalue weighted by molar-refractivity contribution is 5.92. The number of benzene rings is 3. The summed E-state index contributed by atoms with van der Waals surface area (Å²) in [4.78, 5) is 39.8. The number of hydrogen-bond acceptors (Lipinski definition) is 5. The number of ether oxygens (including phenoxy) is 1. The Balaban J connectivity index is 1.35. The molecule has 3 atom stereocenters. The Bertz CT molecular complexity index is 1270. The number of primary amides is 1. The van der Waals surface area contributed by atoms with E-state index in [-0.39, 0.29) is 18.4 Å². The number of hydrogen-bond donors (Lipinski definition) is 3. The van der Waals surface area contributed by atoms with Gasteiger partial charge in [0.25, 0.3) is 0 Å². The molecule has 1 radical (unpaired) electrons. The van der Waals surface area contributed by atoms with E-state index in [1.165, 1.54) is 12.0 Å². The van der Waals surface area contributed by atoms with Crippen LogP contribution in [0.25, 0.3) is 0 Å². The first kappa shape index (κ1) is 29.8. The summed E-state index contributed by atoms with van der Waals surface area (Å²) < 4.78 is 5.88. The van der Waals surface area contributed by atoms with Crippen molar-refractivity contribution in [1.82, 2.24) is 15.5 Å². The number of carbonyl (C=O) groups excluding carboxylic acids is 3. The third-order valence-electron chi connectivity index (χ3n) is 7.25. The van der Waals surface area contributed by atoms with Gasteiger partial charge in [-0.2, -0.15) is 0 Å². The van der Waals surface area contributed by atoms with Crippen LogP contribution in [-0.4, -0.2) is 47.8 Å². The van der Waals surface area contributed by atoms with Gasteiger partial charge in [-0.15, -0.1) is 0 Å². The number of rotatable bonds is 14. The van der Waals surface area contributed by atoms with E-state index in [2.05, 4.69) is 27.7 Å². The Morgan fingerprint density at radius 3 is 2.27 bits per heavy atom. The molecule has 1 heterocycles. The summed E-state index contributed by atoms with van der Waals surface area (Å²) in [5.74, 6) is -0.852. The monoisotopic (exact) mass is 555 g/mol. The molecule has 1 aliphatic rings. The van der Waals surface area contributed by atoms with Crippen molar-refractivity contribution in [3.8, 4) is 5.75 Å². The number of likely N-dealkylation sites (tertiary alicyclic amines) is 1. The minimum absolute atomic E-state index is 0.00163. The standard InChI is InChI=1S/C33H39N4O4/c1-24(32(34)39)12-17-31(38)36-30(20-25-13-15-29(16-14-25)41-23-27-10-6-3-7-11-27)33(40)35-28-18-19-37(22-28)21-26-8-4-2-5-9-26/h2-11,13-17,24,28,30H,12,18-23H2,1H3,(H2,34,39)(H,35,40)(H,36,38). The number of carbonyl (C=O) groups is 3. The summed E-state index contributed by atoms with van der Waals surface area (Å²) in [6.07, 6.45) is 2.75. The Kier molecular flexibility index (Phi) is 10.9. The van der Waals surface area contributed by atoms with Crippen LogP contribution in [0, 0.1) is 12.3 Å². The number of nitrogens with one attached hydrogen (secondary N) is 2. The second kappa shape index (κ2) is 15.0. The van der Waals surface area contributed by atoms with E-state index < -0.39 is 23.8 Å². The summed E-state index contributed by atoms with van der Waals surface area (Å²) in [7, 11) is 0. The van der Waals surface area contributed by atoms with E-state index in [0.717, 1.165) is 42.9 Å². The van der Waals surface area contributed by atoms with Crippen LogP contribution in [0.5, 0.6) is 5.75 Å². The first-order valence-corrected chi connectivity index (χ1v) is 14.1. The molecular weight excluding hydrogens is 516 g/mol. The number of amides is 3. The van der Waals surface area contributed by atoms with Crippen LogP contribution in [0.1, 0.15) is 36.5 Å². The third kappa shape index (κ3) is 9.76. The van der Waals surface area contributed by atoms with Gasteiger partial charge in [-0.05, 0) is 41.7 Å². The first-order chi connectivity index (χ1) is 19.9. The zero-order valence-corrected chi connectivity index (χ0v) is 23.5. The van der Waals surface area contributed by atoms with Crippen molar-refractivity contribution in [3.05, 3.63) is 108 Å². The molecule has 8 nitrogen and oxygen atoms in total. The SMILES string of the molecule is CC(C[CH]C(=O)NC(Cc1ccc(OCc2ccccc2)cc1)C(=O)NC1CCN(Cc2ccccc2)C1)C(N)=O. The highest BCUT2D eigenvalue weighted by atomic mass is 16.5. The van der Waals surface area contributed by atoms with Gasteiger partial charge >= 0.3 is 0 Å². The summed E-state index contributed by atoms with van der Waals surface area (Å²) in [5.41, 5.74) is 8.53. The molecule has 0 aliphatic carbocycles. The van der Waals surface area contributed by atoms with Gasteiger partial charge in [-0.1, -0.05) is 79.7 Å². The zero-order valence-electron chi connectivity index (χ0n) is 23.5. The summed E-state index contributed by atoms with van der Waals surface area (Å²) >= 11 is 0. The van der Waals surface area contributed by atoms with Gasteiger partial charge in [-0.25, -0.2) is 0 Å². The van der Waals surface area contributed by atoms with Crippen LogP contribution in [0.2, 0.25) is 0 Å². The molecule has 8 heteroatoms. The minimum Gasteiger partial charge on any atom is -0.489 e. The van der Waals surface area contributed by atoms with Crippen LogP contribution in [0.15, 0.2) is 84.9 Å². The summed E-state index contributed by atoms with van der Waals surface area (Å²) in [6.45, 7) is 4.60. The molecule has 41 heavy (non-hydrogen) atoms. The molecular formula is C33H39N4O4. The van der Waals surface area contributed by atoms with Crippen LogP contribution >= 0.6 is 0 Å². The van der Waals surface area contributed by atoms with Crippen molar-refractivity contribution in [1.29, 1.82) is 0 Å². The summed E-state index contributed by atoms with van der Waals surface area (Å²) in [5, 5.41) is 5.99. The normalized spacial score (nSPS) is 16.5. The molecule has 0 saturated carbocycles. The van der Waals surface area contributed by atoms with E-state index >= 15 is 0 Å². The fourth-order valence-corrected chi connectivity index (χ4v) is 4.78. The lowest BCUT2D eigenvalue weighted by molar-refractivity contribution is -0.128. The second-order valence-corrected chi connectivity index (χ2v) is 10.6. The maximum atomic E-state index is 13.4. The van der Waals surface area contributed by atoms with Crippen LogP contribution in [0.4, 0.5) is 0 Å². The molecule has 1 fully saturated rings. The lowest BCUT2D eigenvalue weighted by Gasteiger charge is -2.22. The van der Waals surface area contributed by atoms with Gasteiger partial charge in [0.1, 0.15) is 18.4 Å². The zero-order chi connectivity index (χ0) is 29.0. The van der Waals surface area contributed by atoms with Crippen molar-refractivity contribution in [3.63, 3.8) is 0 Å². The predicted molar refractivity (Wildman–Crippen MR) is 158 cm³/mol. The lowest BCUT2D eigenvalue weighted by Crippen LogP contribution is -2.51. The van der Waals surface area contributed by atoms with Crippen molar-refractivity contribution in [2.45, 2.75) is 51.4 Å². The molecule has 215 valence electrons. The quantitative estimate of drug-likeness (QED) is 0.282. The molecule has 1 aliphatic heterocycles. The Labute approximate surface area is 242 Å². The van der Waals surface area contributed by atoms with E-state index in [4.69, 9.17) is 10.5 Å².